The number of pyridine rings is 1. The summed E-state index contributed by atoms with van der Waals surface area (Å²) in [6.45, 7) is 2.09. The maximum atomic E-state index is 4.65. The van der Waals surface area contributed by atoms with Crippen LogP contribution in [-0.4, -0.2) is 29.1 Å². The fourth-order valence-electron chi connectivity index (χ4n) is 3.03. The van der Waals surface area contributed by atoms with Gasteiger partial charge in [-0.25, -0.2) is 4.98 Å². The van der Waals surface area contributed by atoms with Crippen LogP contribution in [0, 0.1) is 6.92 Å². The molecule has 0 aliphatic heterocycles. The molecule has 4 aromatic rings. The molecule has 0 aliphatic rings. The van der Waals surface area contributed by atoms with Crippen LogP contribution in [0.25, 0.3) is 17.0 Å². The van der Waals surface area contributed by atoms with Gasteiger partial charge in [-0.05, 0) is 52.9 Å². The summed E-state index contributed by atoms with van der Waals surface area (Å²) in [6.07, 6.45) is 10.9. The molecule has 0 unspecified atom stereocenters. The van der Waals surface area contributed by atoms with Gasteiger partial charge in [-0.3, -0.25) is 19.1 Å². The Labute approximate surface area is 153 Å². The number of hydrogen-bond donors (Lipinski definition) is 0. The van der Waals surface area contributed by atoms with Gasteiger partial charge < -0.3 is 0 Å². The molecular formula is C18H17BrN6. The van der Waals surface area contributed by atoms with E-state index >= 15 is 0 Å². The van der Waals surface area contributed by atoms with Crippen LogP contribution in [0.2, 0.25) is 0 Å². The Morgan fingerprint density at radius 3 is 2.72 bits per heavy atom. The van der Waals surface area contributed by atoms with Crippen LogP contribution in [0.15, 0.2) is 47.7 Å². The molecule has 6 nitrogen and oxygen atoms in total. The monoisotopic (exact) mass is 396 g/mol. The summed E-state index contributed by atoms with van der Waals surface area (Å²) in [5.41, 5.74) is 6.22. The van der Waals surface area contributed by atoms with Gasteiger partial charge in [-0.1, -0.05) is 6.07 Å². The van der Waals surface area contributed by atoms with E-state index in [4.69, 9.17) is 0 Å². The molecule has 4 heterocycles. The average Bonchev–Trinajstić information content (AvgIpc) is 3.20. The van der Waals surface area contributed by atoms with E-state index < -0.39 is 0 Å². The van der Waals surface area contributed by atoms with Crippen LogP contribution in [0.3, 0.4) is 0 Å². The van der Waals surface area contributed by atoms with Gasteiger partial charge in [0.05, 0.1) is 23.3 Å². The molecule has 4 aromatic heterocycles. The molecule has 0 radical (unpaired) electrons. The zero-order chi connectivity index (χ0) is 17.4. The summed E-state index contributed by atoms with van der Waals surface area (Å²) in [7, 11) is 1.93. The number of imidazole rings is 1. The lowest BCUT2D eigenvalue weighted by Gasteiger charge is -2.08. The number of halogens is 1. The normalized spacial score (nSPS) is 11.3. The van der Waals surface area contributed by atoms with Gasteiger partial charge >= 0.3 is 0 Å². The minimum atomic E-state index is 0.819. The fourth-order valence-corrected chi connectivity index (χ4v) is 3.41. The van der Waals surface area contributed by atoms with Crippen LogP contribution in [0.1, 0.15) is 16.8 Å². The number of nitrogens with zero attached hydrogens (tertiary/aromatic N) is 6. The van der Waals surface area contributed by atoms with Crippen molar-refractivity contribution in [2.24, 2.45) is 7.05 Å². The van der Waals surface area contributed by atoms with Crippen molar-refractivity contribution >= 4 is 21.6 Å². The van der Waals surface area contributed by atoms with Crippen molar-refractivity contribution in [3.63, 3.8) is 0 Å². The Kier molecular flexibility index (Phi) is 4.09. The van der Waals surface area contributed by atoms with E-state index in [0.29, 0.717) is 0 Å². The van der Waals surface area contributed by atoms with Crippen LogP contribution in [0.5, 0.6) is 0 Å². The highest BCUT2D eigenvalue weighted by Crippen LogP contribution is 2.22. The summed E-state index contributed by atoms with van der Waals surface area (Å²) in [5.74, 6) is 0. The van der Waals surface area contributed by atoms with E-state index in [1.165, 1.54) is 5.56 Å². The zero-order valence-electron chi connectivity index (χ0n) is 14.0. The lowest BCUT2D eigenvalue weighted by atomic mass is 10.1. The molecule has 0 aliphatic carbocycles. The Balaban J connectivity index is 1.57. The third-order valence-electron chi connectivity index (χ3n) is 4.30. The predicted octanol–water partition coefficient (Wildman–Crippen LogP) is 3.38. The van der Waals surface area contributed by atoms with E-state index in [0.717, 1.165) is 45.7 Å². The molecule has 0 atom stereocenters. The third kappa shape index (κ3) is 2.95. The lowest BCUT2D eigenvalue weighted by molar-refractivity contribution is 0.772. The van der Waals surface area contributed by atoms with Gasteiger partial charge in [-0.15, -0.1) is 0 Å². The standard InChI is InChI=1S/C18H17BrN6/c1-12-9-13(10-21-17(12)15-5-6-23-24(15)2)3-4-14-18-22-11-16(19)25(18)8-7-20-14/h5-11H,3-4H2,1-2H3. The summed E-state index contributed by atoms with van der Waals surface area (Å²) in [4.78, 5) is 13.6. The van der Waals surface area contributed by atoms with Crippen molar-refractivity contribution in [3.05, 3.63) is 64.5 Å². The third-order valence-corrected chi connectivity index (χ3v) is 4.89. The fraction of sp³-hybridized carbons (Fsp3) is 0.222. The minimum absolute atomic E-state index is 0.819. The highest BCUT2D eigenvalue weighted by atomic mass is 79.9. The number of hydrogen-bond acceptors (Lipinski definition) is 4. The van der Waals surface area contributed by atoms with Crippen LogP contribution < -0.4 is 0 Å². The Hall–Kier alpha value is -2.54. The smallest absolute Gasteiger partial charge is 0.159 e. The molecule has 0 N–H and O–H groups in total. The second-order valence-corrected chi connectivity index (χ2v) is 6.81. The van der Waals surface area contributed by atoms with Crippen molar-refractivity contribution in [2.45, 2.75) is 19.8 Å². The molecule has 0 spiro atoms. The van der Waals surface area contributed by atoms with Gasteiger partial charge in [-0.2, -0.15) is 5.10 Å². The second kappa shape index (κ2) is 6.40. The number of aryl methyl sites for hydroxylation is 4. The van der Waals surface area contributed by atoms with E-state index in [1.807, 2.05) is 40.8 Å². The molecule has 4 rings (SSSR count). The predicted molar refractivity (Wildman–Crippen MR) is 99.3 cm³/mol. The van der Waals surface area contributed by atoms with Gasteiger partial charge in [0.2, 0.25) is 0 Å². The summed E-state index contributed by atoms with van der Waals surface area (Å²) in [6, 6.07) is 4.17. The Bertz CT molecular complexity index is 1050. The first-order valence-corrected chi connectivity index (χ1v) is 8.83. The zero-order valence-corrected chi connectivity index (χ0v) is 15.6. The first-order valence-electron chi connectivity index (χ1n) is 8.04. The van der Waals surface area contributed by atoms with Crippen molar-refractivity contribution < 1.29 is 0 Å². The largest absolute Gasteiger partial charge is 0.291 e. The maximum Gasteiger partial charge on any atom is 0.159 e. The number of rotatable bonds is 4. The minimum Gasteiger partial charge on any atom is -0.291 e. The van der Waals surface area contributed by atoms with Gasteiger partial charge in [0, 0.05) is 31.8 Å². The van der Waals surface area contributed by atoms with Gasteiger partial charge in [0.1, 0.15) is 4.60 Å². The molecular weight excluding hydrogens is 380 g/mol. The van der Waals surface area contributed by atoms with E-state index in [9.17, 15) is 0 Å². The first kappa shape index (κ1) is 16.0. The van der Waals surface area contributed by atoms with Crippen molar-refractivity contribution in [3.8, 4) is 11.4 Å². The van der Waals surface area contributed by atoms with Crippen molar-refractivity contribution in [2.75, 3.05) is 0 Å². The molecule has 0 aromatic carbocycles. The summed E-state index contributed by atoms with van der Waals surface area (Å²) >= 11 is 3.49. The lowest BCUT2D eigenvalue weighted by Crippen LogP contribution is -2.01. The van der Waals surface area contributed by atoms with Gasteiger partial charge in [0.25, 0.3) is 0 Å². The Morgan fingerprint density at radius 1 is 1.08 bits per heavy atom. The molecule has 0 saturated heterocycles. The highest BCUT2D eigenvalue weighted by molar-refractivity contribution is 9.10. The van der Waals surface area contributed by atoms with Crippen LogP contribution in [-0.2, 0) is 19.9 Å². The van der Waals surface area contributed by atoms with Crippen molar-refractivity contribution in [1.82, 2.24) is 29.1 Å². The molecule has 0 saturated carbocycles. The van der Waals surface area contributed by atoms with Crippen LogP contribution >= 0.6 is 15.9 Å². The summed E-state index contributed by atoms with van der Waals surface area (Å²) in [5, 5.41) is 4.22. The van der Waals surface area contributed by atoms with Gasteiger partial charge in [0.15, 0.2) is 5.65 Å². The van der Waals surface area contributed by atoms with E-state index in [-0.39, 0.29) is 0 Å². The van der Waals surface area contributed by atoms with Crippen molar-refractivity contribution in [1.29, 1.82) is 0 Å². The average molecular weight is 397 g/mol. The maximum absolute atomic E-state index is 4.65. The topological polar surface area (TPSA) is 60.9 Å². The molecule has 25 heavy (non-hydrogen) atoms. The quantitative estimate of drug-likeness (QED) is 0.530. The number of fused-ring (bicyclic) bond motifs is 1. The molecule has 0 fully saturated rings. The SMILES string of the molecule is Cc1cc(CCc2nccn3c(Br)cnc23)cnc1-c1ccnn1C. The first-order chi connectivity index (χ1) is 12.1. The highest BCUT2D eigenvalue weighted by Gasteiger charge is 2.10. The summed E-state index contributed by atoms with van der Waals surface area (Å²) < 4.78 is 4.77. The van der Waals surface area contributed by atoms with E-state index in [1.54, 1.807) is 12.4 Å². The van der Waals surface area contributed by atoms with E-state index in [2.05, 4.69) is 49.0 Å². The molecule has 126 valence electrons. The molecule has 7 heteroatoms. The molecule has 0 bridgehead atoms. The van der Waals surface area contributed by atoms with Crippen LogP contribution in [0.4, 0.5) is 0 Å². The number of aromatic nitrogens is 6. The second-order valence-electron chi connectivity index (χ2n) is 6.00. The molecule has 0 amide bonds. The Morgan fingerprint density at radius 2 is 1.96 bits per heavy atom.